The van der Waals surface area contributed by atoms with E-state index in [0.29, 0.717) is 0 Å². The molecule has 2 aromatic rings. The van der Waals surface area contributed by atoms with Crippen molar-refractivity contribution in [2.45, 2.75) is 25.6 Å². The highest BCUT2D eigenvalue weighted by Crippen LogP contribution is 2.16. The number of hydrogen-bond donors (Lipinski definition) is 1. The first-order valence-electron chi connectivity index (χ1n) is 6.68. The minimum Gasteiger partial charge on any atom is -0.381 e. The van der Waals surface area contributed by atoms with Gasteiger partial charge in [0.2, 0.25) is 0 Å². The van der Waals surface area contributed by atoms with E-state index in [0.717, 1.165) is 12.3 Å². The maximum Gasteiger partial charge on any atom is 0.0401 e. The number of thioether (sulfide) groups is 1. The van der Waals surface area contributed by atoms with Crippen molar-refractivity contribution in [2.75, 3.05) is 11.1 Å². The zero-order chi connectivity index (χ0) is 13.3. The van der Waals surface area contributed by atoms with Crippen molar-refractivity contribution in [3.8, 4) is 0 Å². The summed E-state index contributed by atoms with van der Waals surface area (Å²) in [4.78, 5) is 4.02. The Morgan fingerprint density at radius 3 is 2.42 bits per heavy atom. The van der Waals surface area contributed by atoms with Crippen molar-refractivity contribution in [3.05, 3.63) is 59.9 Å². The van der Waals surface area contributed by atoms with Crippen molar-refractivity contribution >= 4 is 17.4 Å². The molecule has 1 aromatic carbocycles. The van der Waals surface area contributed by atoms with E-state index in [1.807, 2.05) is 36.3 Å². The molecule has 3 heteroatoms. The Hall–Kier alpha value is -1.48. The Kier molecular flexibility index (Phi) is 5.76. The van der Waals surface area contributed by atoms with Gasteiger partial charge in [-0.15, -0.1) is 0 Å². The molecule has 0 aliphatic carbocycles. The Labute approximate surface area is 119 Å². The zero-order valence-electron chi connectivity index (χ0n) is 11.3. The van der Waals surface area contributed by atoms with Crippen LogP contribution in [0.4, 0.5) is 5.69 Å². The van der Waals surface area contributed by atoms with E-state index >= 15 is 0 Å². The highest BCUT2D eigenvalue weighted by Gasteiger charge is 1.96. The summed E-state index contributed by atoms with van der Waals surface area (Å²) in [5.41, 5.74) is 3.81. The summed E-state index contributed by atoms with van der Waals surface area (Å²) in [6.45, 7) is 3.06. The van der Waals surface area contributed by atoms with Crippen LogP contribution in [0.1, 0.15) is 24.5 Å². The first-order valence-corrected chi connectivity index (χ1v) is 7.83. The minimum atomic E-state index is 0.840. The van der Waals surface area contributed by atoms with E-state index in [2.05, 4.69) is 41.5 Å². The van der Waals surface area contributed by atoms with E-state index in [-0.39, 0.29) is 0 Å². The Morgan fingerprint density at radius 1 is 1.00 bits per heavy atom. The molecule has 0 spiro atoms. The number of nitrogens with one attached hydrogen (secondary N) is 1. The third-order valence-electron chi connectivity index (χ3n) is 2.82. The second-order valence-electron chi connectivity index (χ2n) is 4.46. The van der Waals surface area contributed by atoms with Gasteiger partial charge in [0.1, 0.15) is 0 Å². The zero-order valence-corrected chi connectivity index (χ0v) is 12.1. The van der Waals surface area contributed by atoms with E-state index in [9.17, 15) is 0 Å². The third-order valence-corrected chi connectivity index (χ3v) is 4.05. The molecule has 2 nitrogen and oxygen atoms in total. The van der Waals surface area contributed by atoms with Gasteiger partial charge in [0.05, 0.1) is 0 Å². The Bertz CT molecular complexity index is 468. The van der Waals surface area contributed by atoms with Gasteiger partial charge in [0.25, 0.3) is 0 Å². The van der Waals surface area contributed by atoms with Crippen molar-refractivity contribution in [1.29, 1.82) is 0 Å². The molecule has 0 saturated carbocycles. The lowest BCUT2D eigenvalue weighted by molar-refractivity contribution is 1.10. The molecular formula is C16H20N2S. The van der Waals surface area contributed by atoms with E-state index < -0.39 is 0 Å². The fraction of sp³-hybridized carbons (Fsp3) is 0.312. The van der Waals surface area contributed by atoms with Crippen LogP contribution in [0.2, 0.25) is 0 Å². The van der Waals surface area contributed by atoms with Gasteiger partial charge in [0.15, 0.2) is 0 Å². The van der Waals surface area contributed by atoms with Crippen LogP contribution in [-0.2, 0) is 12.3 Å². The monoisotopic (exact) mass is 272 g/mol. The molecule has 0 atom stereocenters. The number of aromatic nitrogens is 1. The van der Waals surface area contributed by atoms with Crippen LogP contribution in [-0.4, -0.2) is 10.7 Å². The Morgan fingerprint density at radius 2 is 1.74 bits per heavy atom. The summed E-state index contributed by atoms with van der Waals surface area (Å²) >= 11 is 2.00. The van der Waals surface area contributed by atoms with Crippen LogP contribution in [0.5, 0.6) is 0 Å². The molecule has 2 rings (SSSR count). The maximum absolute atomic E-state index is 4.02. The lowest BCUT2D eigenvalue weighted by atomic mass is 10.2. The van der Waals surface area contributed by atoms with Crippen LogP contribution in [0.25, 0.3) is 0 Å². The van der Waals surface area contributed by atoms with Gasteiger partial charge in [-0.1, -0.05) is 19.1 Å². The van der Waals surface area contributed by atoms with Gasteiger partial charge in [-0.05, 0) is 47.6 Å². The molecule has 0 amide bonds. The predicted octanol–water partition coefficient (Wildman–Crippen LogP) is 4.34. The Balaban J connectivity index is 1.81. The van der Waals surface area contributed by atoms with Gasteiger partial charge in [-0.3, -0.25) is 4.98 Å². The number of rotatable bonds is 7. The summed E-state index contributed by atoms with van der Waals surface area (Å²) in [7, 11) is 0. The molecule has 0 fully saturated rings. The molecule has 0 aliphatic rings. The summed E-state index contributed by atoms with van der Waals surface area (Å²) in [5.74, 6) is 2.35. The van der Waals surface area contributed by atoms with Crippen LogP contribution in [0.3, 0.4) is 0 Å². The van der Waals surface area contributed by atoms with Crippen LogP contribution in [0, 0.1) is 0 Å². The first-order chi connectivity index (χ1) is 9.38. The molecule has 1 N–H and O–H groups in total. The van der Waals surface area contributed by atoms with Crippen LogP contribution >= 0.6 is 11.8 Å². The molecule has 0 unspecified atom stereocenters. The number of nitrogens with zero attached hydrogens (tertiary/aromatic N) is 1. The average molecular weight is 272 g/mol. The van der Waals surface area contributed by atoms with E-state index in [4.69, 9.17) is 0 Å². The highest BCUT2D eigenvalue weighted by molar-refractivity contribution is 7.98. The fourth-order valence-corrected chi connectivity index (χ4v) is 2.62. The maximum atomic E-state index is 4.02. The average Bonchev–Trinajstić information content (AvgIpc) is 2.48. The predicted molar refractivity (Wildman–Crippen MR) is 84.5 cm³/mol. The minimum absolute atomic E-state index is 0.840. The van der Waals surface area contributed by atoms with Crippen molar-refractivity contribution < 1.29 is 0 Å². The number of benzene rings is 1. The van der Waals surface area contributed by atoms with Crippen molar-refractivity contribution in [1.82, 2.24) is 4.98 Å². The highest BCUT2D eigenvalue weighted by atomic mass is 32.2. The fourth-order valence-electron chi connectivity index (χ4n) is 1.76. The molecule has 100 valence electrons. The van der Waals surface area contributed by atoms with Gasteiger partial charge in [0, 0.05) is 30.4 Å². The standard InChI is InChI=1S/C16H20N2S/c1-2-11-19-13-15-3-5-16(6-4-15)18-12-14-7-9-17-10-8-14/h3-10,18H,2,11-13H2,1H3. The largest absolute Gasteiger partial charge is 0.381 e. The molecule has 19 heavy (non-hydrogen) atoms. The molecule has 0 radical (unpaired) electrons. The normalized spacial score (nSPS) is 10.4. The molecular weight excluding hydrogens is 252 g/mol. The summed E-state index contributed by atoms with van der Waals surface area (Å²) in [6.07, 6.45) is 4.90. The van der Waals surface area contributed by atoms with Crippen LogP contribution < -0.4 is 5.32 Å². The second-order valence-corrected chi connectivity index (χ2v) is 5.56. The summed E-state index contributed by atoms with van der Waals surface area (Å²) in [5, 5.41) is 3.42. The number of pyridine rings is 1. The molecule has 1 heterocycles. The van der Waals surface area contributed by atoms with Crippen molar-refractivity contribution in [3.63, 3.8) is 0 Å². The van der Waals surface area contributed by atoms with Crippen molar-refractivity contribution in [2.24, 2.45) is 0 Å². The van der Waals surface area contributed by atoms with Gasteiger partial charge < -0.3 is 5.32 Å². The molecule has 0 saturated heterocycles. The van der Waals surface area contributed by atoms with Gasteiger partial charge >= 0.3 is 0 Å². The topological polar surface area (TPSA) is 24.9 Å². The van der Waals surface area contributed by atoms with Gasteiger partial charge in [-0.2, -0.15) is 11.8 Å². The second kappa shape index (κ2) is 7.85. The SMILES string of the molecule is CCCSCc1ccc(NCc2ccncc2)cc1. The molecule has 0 bridgehead atoms. The first kappa shape index (κ1) is 13.9. The number of anilines is 1. The van der Waals surface area contributed by atoms with E-state index in [1.165, 1.54) is 29.0 Å². The lowest BCUT2D eigenvalue weighted by Gasteiger charge is -2.07. The smallest absolute Gasteiger partial charge is 0.0401 e. The molecule has 1 aromatic heterocycles. The van der Waals surface area contributed by atoms with E-state index in [1.54, 1.807) is 0 Å². The van der Waals surface area contributed by atoms with Gasteiger partial charge in [-0.25, -0.2) is 0 Å². The number of hydrogen-bond acceptors (Lipinski definition) is 3. The summed E-state index contributed by atoms with van der Waals surface area (Å²) < 4.78 is 0. The summed E-state index contributed by atoms with van der Waals surface area (Å²) in [6, 6.07) is 12.8. The van der Waals surface area contributed by atoms with Crippen LogP contribution in [0.15, 0.2) is 48.8 Å². The third kappa shape index (κ3) is 4.95. The lowest BCUT2D eigenvalue weighted by Crippen LogP contribution is -1.99. The molecule has 0 aliphatic heterocycles. The quantitative estimate of drug-likeness (QED) is 0.759.